The molecule has 5 heteroatoms. The lowest BCUT2D eigenvalue weighted by molar-refractivity contribution is 0.0763. The van der Waals surface area contributed by atoms with Crippen LogP contribution in [0.3, 0.4) is 0 Å². The molecule has 0 spiro atoms. The molecule has 1 amide bonds. The molecule has 22 heavy (non-hydrogen) atoms. The predicted octanol–water partition coefficient (Wildman–Crippen LogP) is 2.16. The van der Waals surface area contributed by atoms with Gasteiger partial charge in [-0.25, -0.2) is 0 Å². The average molecular weight is 298 g/mol. The molecule has 0 bridgehead atoms. The molecular formula is C17H22N4O. The van der Waals surface area contributed by atoms with Crippen LogP contribution in [0.2, 0.25) is 0 Å². The van der Waals surface area contributed by atoms with Gasteiger partial charge in [0.15, 0.2) is 0 Å². The Morgan fingerprint density at radius 2 is 2.09 bits per heavy atom. The van der Waals surface area contributed by atoms with Crippen molar-refractivity contribution in [1.82, 2.24) is 20.0 Å². The molecule has 2 heterocycles. The van der Waals surface area contributed by atoms with E-state index < -0.39 is 0 Å². The average Bonchev–Trinajstić information content (AvgIpc) is 2.96. The second kappa shape index (κ2) is 6.32. The molecule has 1 aliphatic rings. The Kier molecular flexibility index (Phi) is 4.24. The largest absolute Gasteiger partial charge is 0.337 e. The van der Waals surface area contributed by atoms with Gasteiger partial charge in [0, 0.05) is 37.0 Å². The number of likely N-dealkylation sites (N-methyl/N-ethyl adjacent to an activating group) is 1. The van der Waals surface area contributed by atoms with Gasteiger partial charge < -0.3 is 9.80 Å². The van der Waals surface area contributed by atoms with Crippen LogP contribution in [0.25, 0.3) is 11.1 Å². The zero-order chi connectivity index (χ0) is 15.5. The van der Waals surface area contributed by atoms with Crippen molar-refractivity contribution in [2.24, 2.45) is 0 Å². The van der Waals surface area contributed by atoms with Gasteiger partial charge in [0.25, 0.3) is 5.91 Å². The fourth-order valence-electron chi connectivity index (χ4n) is 2.90. The highest BCUT2D eigenvalue weighted by Crippen LogP contribution is 2.24. The number of carbonyl (C=O) groups excluding carboxylic acids is 1. The number of aryl methyl sites for hydroxylation is 1. The maximum atomic E-state index is 12.8. The van der Waals surface area contributed by atoms with Gasteiger partial charge in [-0.1, -0.05) is 6.07 Å². The minimum absolute atomic E-state index is 0.125. The molecule has 0 saturated carbocycles. The molecule has 3 rings (SSSR count). The van der Waals surface area contributed by atoms with Crippen molar-refractivity contribution < 1.29 is 4.79 Å². The van der Waals surface area contributed by atoms with Crippen molar-refractivity contribution in [3.8, 4) is 11.1 Å². The third-order valence-electron chi connectivity index (χ3n) is 4.30. The van der Waals surface area contributed by atoms with Gasteiger partial charge in [-0.05, 0) is 50.2 Å². The van der Waals surface area contributed by atoms with Crippen LogP contribution in [-0.4, -0.2) is 59.1 Å². The molecule has 1 aromatic carbocycles. The van der Waals surface area contributed by atoms with Crippen molar-refractivity contribution >= 4 is 5.91 Å². The maximum Gasteiger partial charge on any atom is 0.253 e. The van der Waals surface area contributed by atoms with E-state index in [0.29, 0.717) is 0 Å². The SMILES string of the molecule is Cc1ccc(C(=O)N2CCCN(C)CC2)cc1-c1cn[nH]c1. The third-order valence-corrected chi connectivity index (χ3v) is 4.30. The first-order valence-corrected chi connectivity index (χ1v) is 7.73. The Balaban J connectivity index is 1.85. The summed E-state index contributed by atoms with van der Waals surface area (Å²) in [6.45, 7) is 5.67. The van der Waals surface area contributed by atoms with Gasteiger partial charge in [0.2, 0.25) is 0 Å². The number of aromatic nitrogens is 2. The lowest BCUT2D eigenvalue weighted by atomic mass is 10.00. The molecule has 0 radical (unpaired) electrons. The van der Waals surface area contributed by atoms with Crippen LogP contribution in [0, 0.1) is 6.92 Å². The number of nitrogens with one attached hydrogen (secondary N) is 1. The van der Waals surface area contributed by atoms with Crippen molar-refractivity contribution in [3.63, 3.8) is 0 Å². The zero-order valence-electron chi connectivity index (χ0n) is 13.2. The summed E-state index contributed by atoms with van der Waals surface area (Å²) >= 11 is 0. The summed E-state index contributed by atoms with van der Waals surface area (Å²) in [4.78, 5) is 17.0. The van der Waals surface area contributed by atoms with Crippen LogP contribution in [0.5, 0.6) is 0 Å². The second-order valence-electron chi connectivity index (χ2n) is 5.97. The second-order valence-corrected chi connectivity index (χ2v) is 5.97. The lowest BCUT2D eigenvalue weighted by Gasteiger charge is -2.21. The predicted molar refractivity (Wildman–Crippen MR) is 86.8 cm³/mol. The van der Waals surface area contributed by atoms with Crippen molar-refractivity contribution in [2.75, 3.05) is 33.2 Å². The monoisotopic (exact) mass is 298 g/mol. The summed E-state index contributed by atoms with van der Waals surface area (Å²) in [5, 5.41) is 6.83. The van der Waals surface area contributed by atoms with Gasteiger partial charge in [-0.3, -0.25) is 9.89 Å². The maximum absolute atomic E-state index is 12.8. The van der Waals surface area contributed by atoms with Gasteiger partial charge >= 0.3 is 0 Å². The van der Waals surface area contributed by atoms with Crippen LogP contribution in [0.4, 0.5) is 0 Å². The van der Waals surface area contributed by atoms with Crippen LogP contribution in [0.1, 0.15) is 22.3 Å². The molecule has 1 saturated heterocycles. The number of benzene rings is 1. The number of H-pyrrole nitrogens is 1. The van der Waals surface area contributed by atoms with E-state index in [2.05, 4.69) is 29.1 Å². The highest BCUT2D eigenvalue weighted by molar-refractivity contribution is 5.95. The minimum atomic E-state index is 0.125. The Labute approximate surface area is 130 Å². The quantitative estimate of drug-likeness (QED) is 0.924. The molecule has 0 atom stereocenters. The standard InChI is InChI=1S/C17H22N4O/c1-13-4-5-14(10-16(13)15-11-18-19-12-15)17(22)21-7-3-6-20(2)8-9-21/h4-5,10-12H,3,6-9H2,1-2H3,(H,18,19). The number of hydrogen-bond acceptors (Lipinski definition) is 3. The van der Waals surface area contributed by atoms with Gasteiger partial charge in [-0.15, -0.1) is 0 Å². The number of nitrogens with zero attached hydrogens (tertiary/aromatic N) is 3. The summed E-state index contributed by atoms with van der Waals surface area (Å²) in [6.07, 6.45) is 4.68. The van der Waals surface area contributed by atoms with E-state index >= 15 is 0 Å². The van der Waals surface area contributed by atoms with Crippen LogP contribution < -0.4 is 0 Å². The number of amides is 1. The van der Waals surface area contributed by atoms with E-state index in [1.807, 2.05) is 29.3 Å². The van der Waals surface area contributed by atoms with E-state index in [4.69, 9.17) is 0 Å². The summed E-state index contributed by atoms with van der Waals surface area (Å²) < 4.78 is 0. The highest BCUT2D eigenvalue weighted by atomic mass is 16.2. The summed E-state index contributed by atoms with van der Waals surface area (Å²) in [5.74, 6) is 0.125. The molecule has 2 aromatic rings. The molecule has 1 aromatic heterocycles. The minimum Gasteiger partial charge on any atom is -0.337 e. The molecular weight excluding hydrogens is 276 g/mol. The highest BCUT2D eigenvalue weighted by Gasteiger charge is 2.19. The lowest BCUT2D eigenvalue weighted by Crippen LogP contribution is -2.34. The topological polar surface area (TPSA) is 52.2 Å². The van der Waals surface area contributed by atoms with Crippen molar-refractivity contribution in [1.29, 1.82) is 0 Å². The fourth-order valence-corrected chi connectivity index (χ4v) is 2.90. The number of rotatable bonds is 2. The van der Waals surface area contributed by atoms with E-state index in [0.717, 1.165) is 54.9 Å². The summed E-state index contributed by atoms with van der Waals surface area (Å²) in [5.41, 5.74) is 3.98. The molecule has 1 N–H and O–H groups in total. The molecule has 1 fully saturated rings. The van der Waals surface area contributed by atoms with Crippen LogP contribution in [0.15, 0.2) is 30.6 Å². The summed E-state index contributed by atoms with van der Waals surface area (Å²) in [7, 11) is 2.11. The van der Waals surface area contributed by atoms with E-state index in [1.165, 1.54) is 0 Å². The molecule has 116 valence electrons. The number of hydrogen-bond donors (Lipinski definition) is 1. The number of carbonyl (C=O) groups is 1. The Bertz CT molecular complexity index is 651. The first-order valence-electron chi connectivity index (χ1n) is 7.73. The normalized spacial score (nSPS) is 16.5. The Morgan fingerprint density at radius 1 is 1.23 bits per heavy atom. The first-order chi connectivity index (χ1) is 10.6. The Morgan fingerprint density at radius 3 is 2.86 bits per heavy atom. The van der Waals surface area contributed by atoms with Gasteiger partial charge in [0.1, 0.15) is 0 Å². The van der Waals surface area contributed by atoms with Crippen molar-refractivity contribution in [2.45, 2.75) is 13.3 Å². The summed E-state index contributed by atoms with van der Waals surface area (Å²) in [6, 6.07) is 5.92. The van der Waals surface area contributed by atoms with Gasteiger partial charge in [0.05, 0.1) is 6.20 Å². The fraction of sp³-hybridized carbons (Fsp3) is 0.412. The van der Waals surface area contributed by atoms with Crippen LogP contribution >= 0.6 is 0 Å². The molecule has 1 aliphatic heterocycles. The molecule has 0 aliphatic carbocycles. The smallest absolute Gasteiger partial charge is 0.253 e. The Hall–Kier alpha value is -2.14. The van der Waals surface area contributed by atoms with E-state index in [9.17, 15) is 4.79 Å². The van der Waals surface area contributed by atoms with Crippen LogP contribution in [-0.2, 0) is 0 Å². The third kappa shape index (κ3) is 3.04. The zero-order valence-corrected chi connectivity index (χ0v) is 13.2. The van der Waals surface area contributed by atoms with E-state index in [-0.39, 0.29) is 5.91 Å². The first kappa shape index (κ1) is 14.8. The van der Waals surface area contributed by atoms with Gasteiger partial charge in [-0.2, -0.15) is 5.10 Å². The van der Waals surface area contributed by atoms with E-state index in [1.54, 1.807) is 6.20 Å². The molecule has 0 unspecified atom stereocenters. The van der Waals surface area contributed by atoms with Crippen molar-refractivity contribution in [3.05, 3.63) is 41.7 Å². The molecule has 5 nitrogen and oxygen atoms in total. The number of aromatic amines is 1.